The van der Waals surface area contributed by atoms with Gasteiger partial charge in [-0.15, -0.1) is 0 Å². The van der Waals surface area contributed by atoms with E-state index >= 15 is 0 Å². The molecule has 5 heteroatoms. The number of aromatic nitrogens is 1. The first-order valence-corrected chi connectivity index (χ1v) is 8.00. The normalized spacial score (nSPS) is 14.2. The number of rotatable bonds is 5. The molecule has 0 bridgehead atoms. The highest BCUT2D eigenvalue weighted by Crippen LogP contribution is 2.44. The molecule has 1 aliphatic rings. The van der Waals surface area contributed by atoms with Crippen LogP contribution in [0.25, 0.3) is 0 Å². The molecule has 0 aliphatic heterocycles. The topological polar surface area (TPSA) is 53.4 Å². The largest absolute Gasteiger partial charge is 0.477 e. The van der Waals surface area contributed by atoms with E-state index in [-0.39, 0.29) is 0 Å². The molecule has 1 aliphatic carbocycles. The average Bonchev–Trinajstić information content (AvgIpc) is 3.21. The number of anilines is 2. The van der Waals surface area contributed by atoms with Crippen LogP contribution in [0.5, 0.6) is 0 Å². The number of benzene rings is 1. The van der Waals surface area contributed by atoms with Crippen LogP contribution in [-0.2, 0) is 0 Å². The number of carboxylic acids is 1. The third kappa shape index (κ3) is 2.78. The molecule has 1 N–H and O–H groups in total. The van der Waals surface area contributed by atoms with Gasteiger partial charge in [0.05, 0.1) is 5.69 Å². The van der Waals surface area contributed by atoms with E-state index in [1.807, 2.05) is 0 Å². The predicted octanol–water partition coefficient (Wildman–Crippen LogP) is 4.19. The monoisotopic (exact) mass is 302 g/mol. The summed E-state index contributed by atoms with van der Waals surface area (Å²) in [6.45, 7) is 4.87. The number of aryl methyl sites for hydroxylation is 1. The zero-order valence-corrected chi connectivity index (χ0v) is 13.0. The van der Waals surface area contributed by atoms with Crippen molar-refractivity contribution < 1.29 is 9.90 Å². The minimum atomic E-state index is -0.861. The Hall–Kier alpha value is -1.88. The Labute approximate surface area is 128 Å². The van der Waals surface area contributed by atoms with Crippen LogP contribution in [0.3, 0.4) is 0 Å². The van der Waals surface area contributed by atoms with Crippen LogP contribution >= 0.6 is 11.3 Å². The number of nitrogens with zero attached hydrogens (tertiary/aromatic N) is 2. The van der Waals surface area contributed by atoms with Gasteiger partial charge in [-0.05, 0) is 38.8 Å². The third-order valence-electron chi connectivity index (χ3n) is 3.69. The first-order chi connectivity index (χ1) is 10.1. The van der Waals surface area contributed by atoms with Crippen molar-refractivity contribution in [2.45, 2.75) is 32.6 Å². The molecule has 0 saturated heterocycles. The molecule has 0 radical (unpaired) electrons. The third-order valence-corrected chi connectivity index (χ3v) is 4.78. The summed E-state index contributed by atoms with van der Waals surface area (Å²) in [5.41, 5.74) is 3.03. The molecule has 3 rings (SSSR count). The highest BCUT2D eigenvalue weighted by atomic mass is 32.1. The lowest BCUT2D eigenvalue weighted by atomic mass is 10.2. The van der Waals surface area contributed by atoms with Gasteiger partial charge in [0.2, 0.25) is 0 Å². The zero-order chi connectivity index (χ0) is 15.0. The maximum Gasteiger partial charge on any atom is 0.347 e. The van der Waals surface area contributed by atoms with E-state index in [4.69, 9.17) is 0 Å². The van der Waals surface area contributed by atoms with Gasteiger partial charge in [-0.3, -0.25) is 0 Å². The summed E-state index contributed by atoms with van der Waals surface area (Å²) in [6, 6.07) is 8.23. The molecule has 1 heterocycles. The quantitative estimate of drug-likeness (QED) is 0.900. The summed E-state index contributed by atoms with van der Waals surface area (Å²) in [7, 11) is 0. The van der Waals surface area contributed by atoms with Gasteiger partial charge in [-0.1, -0.05) is 29.0 Å². The Morgan fingerprint density at radius 1 is 1.38 bits per heavy atom. The van der Waals surface area contributed by atoms with Crippen molar-refractivity contribution in [3.05, 3.63) is 40.4 Å². The number of carbonyl (C=O) groups is 1. The van der Waals surface area contributed by atoms with Gasteiger partial charge in [0.15, 0.2) is 5.13 Å². The molecule has 1 saturated carbocycles. The zero-order valence-electron chi connectivity index (χ0n) is 12.2. The predicted molar refractivity (Wildman–Crippen MR) is 84.9 cm³/mol. The van der Waals surface area contributed by atoms with Crippen molar-refractivity contribution in [1.29, 1.82) is 0 Å². The second-order valence-electron chi connectivity index (χ2n) is 5.37. The Bertz CT molecular complexity index is 659. The molecule has 4 nitrogen and oxygen atoms in total. The molecule has 0 spiro atoms. The molecule has 2 aromatic rings. The highest BCUT2D eigenvalue weighted by molar-refractivity contribution is 7.17. The Kier molecular flexibility index (Phi) is 3.68. The van der Waals surface area contributed by atoms with Gasteiger partial charge in [0, 0.05) is 18.2 Å². The lowest BCUT2D eigenvalue weighted by Gasteiger charge is -2.20. The van der Waals surface area contributed by atoms with Gasteiger partial charge in [-0.2, -0.15) is 0 Å². The second kappa shape index (κ2) is 5.48. The van der Waals surface area contributed by atoms with Gasteiger partial charge in [0.25, 0.3) is 0 Å². The first kappa shape index (κ1) is 14.1. The smallest absolute Gasteiger partial charge is 0.347 e. The molecule has 110 valence electrons. The van der Waals surface area contributed by atoms with E-state index in [9.17, 15) is 9.90 Å². The van der Waals surface area contributed by atoms with Gasteiger partial charge in [0.1, 0.15) is 4.88 Å². The molecule has 1 aromatic heterocycles. The molecular formula is C16H18N2O2S. The molecule has 21 heavy (non-hydrogen) atoms. The van der Waals surface area contributed by atoms with Crippen LogP contribution in [0.1, 0.15) is 46.6 Å². The van der Waals surface area contributed by atoms with E-state index in [1.165, 1.54) is 16.9 Å². The van der Waals surface area contributed by atoms with E-state index in [2.05, 4.69) is 48.0 Å². The van der Waals surface area contributed by atoms with Crippen LogP contribution in [0.2, 0.25) is 0 Å². The fourth-order valence-corrected chi connectivity index (χ4v) is 3.45. The number of hydrogen-bond donors (Lipinski definition) is 1. The van der Waals surface area contributed by atoms with Crippen molar-refractivity contribution in [3.8, 4) is 0 Å². The van der Waals surface area contributed by atoms with Crippen LogP contribution in [0.15, 0.2) is 24.3 Å². The number of hydrogen-bond acceptors (Lipinski definition) is 4. The Morgan fingerprint density at radius 3 is 2.57 bits per heavy atom. The molecule has 1 aromatic carbocycles. The minimum Gasteiger partial charge on any atom is -0.477 e. The Balaban J connectivity index is 1.99. The van der Waals surface area contributed by atoms with Gasteiger partial charge in [-0.25, -0.2) is 9.78 Å². The fourth-order valence-electron chi connectivity index (χ4n) is 2.38. The van der Waals surface area contributed by atoms with Crippen LogP contribution in [-0.4, -0.2) is 22.6 Å². The summed E-state index contributed by atoms with van der Waals surface area (Å²) >= 11 is 1.28. The second-order valence-corrected chi connectivity index (χ2v) is 6.35. The molecule has 1 fully saturated rings. The van der Waals surface area contributed by atoms with Crippen LogP contribution in [0, 0.1) is 6.92 Å². The summed E-state index contributed by atoms with van der Waals surface area (Å²) < 4.78 is 0. The summed E-state index contributed by atoms with van der Waals surface area (Å²) in [6.07, 6.45) is 2.11. The maximum atomic E-state index is 11.4. The van der Waals surface area contributed by atoms with Crippen LogP contribution in [0.4, 0.5) is 10.8 Å². The lowest BCUT2D eigenvalue weighted by Crippen LogP contribution is -2.15. The highest BCUT2D eigenvalue weighted by Gasteiger charge is 2.33. The van der Waals surface area contributed by atoms with E-state index in [1.54, 1.807) is 0 Å². The summed E-state index contributed by atoms with van der Waals surface area (Å²) in [5, 5.41) is 10.1. The van der Waals surface area contributed by atoms with Crippen LogP contribution < -0.4 is 4.90 Å². The number of aromatic carboxylic acids is 1. The lowest BCUT2D eigenvalue weighted by molar-refractivity contribution is 0.0700. The van der Waals surface area contributed by atoms with Crippen molar-refractivity contribution in [2.75, 3.05) is 11.4 Å². The summed E-state index contributed by atoms with van der Waals surface area (Å²) in [5.74, 6) is -0.515. The first-order valence-electron chi connectivity index (χ1n) is 7.18. The van der Waals surface area contributed by atoms with E-state index in [0.29, 0.717) is 10.8 Å². The molecule has 0 amide bonds. The van der Waals surface area contributed by atoms with Crippen molar-refractivity contribution in [1.82, 2.24) is 4.98 Å². The SMILES string of the molecule is CCN(c1ccc(C)cc1)c1nc(C2CC2)c(C(=O)O)s1. The maximum absolute atomic E-state index is 11.4. The van der Waals surface area contributed by atoms with E-state index in [0.717, 1.165) is 35.9 Å². The molecule has 0 unspecified atom stereocenters. The van der Waals surface area contributed by atoms with Crippen molar-refractivity contribution >= 4 is 28.1 Å². The number of carboxylic acid groups (broad SMARTS) is 1. The number of thiazole rings is 1. The molecular weight excluding hydrogens is 284 g/mol. The van der Waals surface area contributed by atoms with Crippen molar-refractivity contribution in [2.24, 2.45) is 0 Å². The van der Waals surface area contributed by atoms with Gasteiger partial charge >= 0.3 is 5.97 Å². The van der Waals surface area contributed by atoms with Gasteiger partial charge < -0.3 is 10.0 Å². The minimum absolute atomic E-state index is 0.345. The molecule has 0 atom stereocenters. The summed E-state index contributed by atoms with van der Waals surface area (Å²) in [4.78, 5) is 18.5. The fraction of sp³-hybridized carbons (Fsp3) is 0.375. The average molecular weight is 302 g/mol. The van der Waals surface area contributed by atoms with E-state index < -0.39 is 5.97 Å². The van der Waals surface area contributed by atoms with Crippen molar-refractivity contribution in [3.63, 3.8) is 0 Å². The standard InChI is InChI=1S/C16H18N2O2S/c1-3-18(12-8-4-10(2)5-9-12)16-17-13(11-6-7-11)14(21-16)15(19)20/h4-5,8-9,11H,3,6-7H2,1-2H3,(H,19,20). The Morgan fingerprint density at radius 2 is 2.05 bits per heavy atom.